The van der Waals surface area contributed by atoms with Gasteiger partial charge < -0.3 is 9.64 Å². The summed E-state index contributed by atoms with van der Waals surface area (Å²) in [5, 5.41) is 0. The van der Waals surface area contributed by atoms with Crippen molar-refractivity contribution in [2.75, 3.05) is 39.5 Å². The molecule has 1 atom stereocenters. The zero-order chi connectivity index (χ0) is 17.7. The summed E-state index contributed by atoms with van der Waals surface area (Å²) in [6.07, 6.45) is 1.60. The van der Waals surface area contributed by atoms with Crippen LogP contribution in [0.4, 0.5) is 4.39 Å². The van der Waals surface area contributed by atoms with Gasteiger partial charge >= 0.3 is 0 Å². The van der Waals surface area contributed by atoms with Gasteiger partial charge in [0, 0.05) is 39.5 Å². The van der Waals surface area contributed by atoms with E-state index in [1.54, 1.807) is 11.0 Å². The van der Waals surface area contributed by atoms with Crippen LogP contribution in [-0.2, 0) is 26.0 Å². The molecule has 1 amide bonds. The summed E-state index contributed by atoms with van der Waals surface area (Å²) in [6, 6.07) is 6.33. The number of halogens is 1. The maximum absolute atomic E-state index is 13.2. The van der Waals surface area contributed by atoms with Crippen LogP contribution in [0.25, 0.3) is 0 Å². The Morgan fingerprint density at radius 1 is 1.46 bits per heavy atom. The Morgan fingerprint density at radius 3 is 2.88 bits per heavy atom. The van der Waals surface area contributed by atoms with Crippen LogP contribution in [0.1, 0.15) is 12.0 Å². The van der Waals surface area contributed by atoms with Crippen LogP contribution >= 0.6 is 0 Å². The molecule has 1 aliphatic rings. The summed E-state index contributed by atoms with van der Waals surface area (Å²) in [5.74, 6) is -0.391. The van der Waals surface area contributed by atoms with Crippen LogP contribution in [0.15, 0.2) is 24.3 Å². The molecule has 0 radical (unpaired) electrons. The summed E-state index contributed by atoms with van der Waals surface area (Å²) in [5.41, 5.74) is 0.825. The van der Waals surface area contributed by atoms with Gasteiger partial charge in [-0.25, -0.2) is 17.1 Å². The molecule has 0 bridgehead atoms. The van der Waals surface area contributed by atoms with E-state index in [1.807, 2.05) is 6.07 Å². The van der Waals surface area contributed by atoms with Crippen molar-refractivity contribution in [1.29, 1.82) is 0 Å². The lowest BCUT2D eigenvalue weighted by Gasteiger charge is -2.33. The van der Waals surface area contributed by atoms with E-state index in [0.29, 0.717) is 26.1 Å². The molecule has 1 heterocycles. The smallest absolute Gasteiger partial charge is 0.224 e. The third-order valence-electron chi connectivity index (χ3n) is 4.05. The van der Waals surface area contributed by atoms with Crippen molar-refractivity contribution >= 4 is 15.9 Å². The second-order valence-electron chi connectivity index (χ2n) is 6.00. The number of ether oxygens (including phenoxy) is 1. The Balaban J connectivity index is 1.87. The largest absolute Gasteiger partial charge is 0.374 e. The molecule has 2 rings (SSSR count). The minimum atomic E-state index is -3.28. The Bertz CT molecular complexity index is 680. The average Bonchev–Trinajstić information content (AvgIpc) is 2.51. The van der Waals surface area contributed by atoms with Crippen molar-refractivity contribution in [3.8, 4) is 0 Å². The van der Waals surface area contributed by atoms with Crippen molar-refractivity contribution in [3.05, 3.63) is 35.6 Å². The lowest BCUT2D eigenvalue weighted by molar-refractivity contribution is -0.138. The van der Waals surface area contributed by atoms with Gasteiger partial charge in [0.25, 0.3) is 0 Å². The monoisotopic (exact) mass is 358 g/mol. The van der Waals surface area contributed by atoms with E-state index in [0.717, 1.165) is 16.1 Å². The van der Waals surface area contributed by atoms with E-state index in [1.165, 1.54) is 19.2 Å². The molecule has 24 heavy (non-hydrogen) atoms. The van der Waals surface area contributed by atoms with E-state index >= 15 is 0 Å². The lowest BCUT2D eigenvalue weighted by Crippen LogP contribution is -2.47. The number of rotatable bonds is 6. The summed E-state index contributed by atoms with van der Waals surface area (Å²) >= 11 is 0. The topological polar surface area (TPSA) is 66.9 Å². The molecule has 1 fully saturated rings. The van der Waals surface area contributed by atoms with Crippen LogP contribution in [0.5, 0.6) is 0 Å². The molecule has 0 N–H and O–H groups in total. The van der Waals surface area contributed by atoms with E-state index < -0.39 is 10.0 Å². The van der Waals surface area contributed by atoms with E-state index in [2.05, 4.69) is 0 Å². The van der Waals surface area contributed by atoms with Gasteiger partial charge in [-0.1, -0.05) is 12.1 Å². The number of hydrogen-bond donors (Lipinski definition) is 0. The normalized spacial score (nSPS) is 18.8. The zero-order valence-electron chi connectivity index (χ0n) is 13.9. The van der Waals surface area contributed by atoms with Crippen molar-refractivity contribution < 1.29 is 22.3 Å². The SMILES string of the molecule is CN(CCC(=O)N1CCO[C@@H](Cc2cccc(F)c2)C1)S(C)(=O)=O. The third-order valence-corrected chi connectivity index (χ3v) is 5.37. The standard InChI is InChI=1S/C16H23FN2O4S/c1-18(24(2,21)22)7-6-16(20)19-8-9-23-15(12-19)11-13-4-3-5-14(17)10-13/h3-5,10,15H,6-9,11-12H2,1-2H3/t15-/m0/s1. The number of morpholine rings is 1. The molecule has 0 aliphatic carbocycles. The molecule has 6 nitrogen and oxygen atoms in total. The highest BCUT2D eigenvalue weighted by Gasteiger charge is 2.25. The van der Waals surface area contributed by atoms with E-state index in [4.69, 9.17) is 4.74 Å². The van der Waals surface area contributed by atoms with Gasteiger partial charge in [-0.2, -0.15) is 0 Å². The maximum atomic E-state index is 13.2. The fourth-order valence-electron chi connectivity index (χ4n) is 2.57. The molecule has 134 valence electrons. The number of carbonyl (C=O) groups excluding carboxylic acids is 1. The van der Waals surface area contributed by atoms with Crippen LogP contribution in [-0.4, -0.2) is 69.2 Å². The Kier molecular flexibility index (Phi) is 6.31. The predicted octanol–water partition coefficient (Wildman–Crippen LogP) is 0.877. The zero-order valence-corrected chi connectivity index (χ0v) is 14.8. The second-order valence-corrected chi connectivity index (χ2v) is 8.09. The molecule has 1 aliphatic heterocycles. The van der Waals surface area contributed by atoms with Crippen LogP contribution in [0.3, 0.4) is 0 Å². The molecule has 1 saturated heterocycles. The van der Waals surface area contributed by atoms with Gasteiger partial charge in [0.2, 0.25) is 15.9 Å². The van der Waals surface area contributed by atoms with Crippen molar-refractivity contribution in [2.24, 2.45) is 0 Å². The maximum Gasteiger partial charge on any atom is 0.224 e. The fraction of sp³-hybridized carbons (Fsp3) is 0.562. The first kappa shape index (κ1) is 18.8. The van der Waals surface area contributed by atoms with Crippen molar-refractivity contribution in [2.45, 2.75) is 18.9 Å². The molecule has 0 spiro atoms. The Labute approximate surface area is 142 Å². The minimum Gasteiger partial charge on any atom is -0.374 e. The average molecular weight is 358 g/mol. The molecule has 1 aromatic rings. The molecular formula is C16H23FN2O4S. The fourth-order valence-corrected chi connectivity index (χ4v) is 3.00. The number of sulfonamides is 1. The number of amides is 1. The summed E-state index contributed by atoms with van der Waals surface area (Å²) < 4.78 is 42.8. The number of benzene rings is 1. The quantitative estimate of drug-likeness (QED) is 0.757. The van der Waals surface area contributed by atoms with E-state index in [9.17, 15) is 17.6 Å². The minimum absolute atomic E-state index is 0.0990. The number of nitrogens with zero attached hydrogens (tertiary/aromatic N) is 2. The first-order chi connectivity index (χ1) is 11.3. The molecule has 0 aromatic heterocycles. The second kappa shape index (κ2) is 8.04. The summed E-state index contributed by atoms with van der Waals surface area (Å²) in [4.78, 5) is 14.0. The Morgan fingerprint density at radius 2 is 2.21 bits per heavy atom. The molecule has 0 saturated carbocycles. The lowest BCUT2D eigenvalue weighted by atomic mass is 10.1. The van der Waals surface area contributed by atoms with Crippen LogP contribution in [0.2, 0.25) is 0 Å². The van der Waals surface area contributed by atoms with Gasteiger partial charge in [0.15, 0.2) is 0 Å². The summed E-state index contributed by atoms with van der Waals surface area (Å²) in [6.45, 7) is 1.50. The van der Waals surface area contributed by atoms with Crippen LogP contribution < -0.4 is 0 Å². The highest BCUT2D eigenvalue weighted by atomic mass is 32.2. The number of hydrogen-bond acceptors (Lipinski definition) is 4. The van der Waals surface area contributed by atoms with Crippen molar-refractivity contribution in [1.82, 2.24) is 9.21 Å². The highest BCUT2D eigenvalue weighted by Crippen LogP contribution is 2.14. The third kappa shape index (κ3) is 5.54. The first-order valence-electron chi connectivity index (χ1n) is 7.81. The van der Waals surface area contributed by atoms with Crippen molar-refractivity contribution in [3.63, 3.8) is 0 Å². The highest BCUT2D eigenvalue weighted by molar-refractivity contribution is 7.88. The number of carbonyl (C=O) groups is 1. The van der Waals surface area contributed by atoms with Gasteiger partial charge in [0.1, 0.15) is 5.82 Å². The van der Waals surface area contributed by atoms with Crippen LogP contribution in [0, 0.1) is 5.82 Å². The van der Waals surface area contributed by atoms with Gasteiger partial charge in [-0.15, -0.1) is 0 Å². The molecular weight excluding hydrogens is 335 g/mol. The van der Waals surface area contributed by atoms with E-state index in [-0.39, 0.29) is 30.8 Å². The Hall–Kier alpha value is -1.51. The predicted molar refractivity (Wildman–Crippen MR) is 88.5 cm³/mol. The van der Waals surface area contributed by atoms with Gasteiger partial charge in [-0.05, 0) is 17.7 Å². The van der Waals surface area contributed by atoms with Gasteiger partial charge in [-0.3, -0.25) is 4.79 Å². The first-order valence-corrected chi connectivity index (χ1v) is 9.65. The van der Waals surface area contributed by atoms with Gasteiger partial charge in [0.05, 0.1) is 19.0 Å². The molecule has 8 heteroatoms. The summed E-state index contributed by atoms with van der Waals surface area (Å²) in [7, 11) is -1.83. The molecule has 1 aromatic carbocycles. The molecule has 0 unspecified atom stereocenters.